The summed E-state index contributed by atoms with van der Waals surface area (Å²) in [6.07, 6.45) is 1.38. The van der Waals surface area contributed by atoms with Crippen LogP contribution in [0.5, 0.6) is 28.7 Å². The van der Waals surface area contributed by atoms with Crippen molar-refractivity contribution in [3.63, 3.8) is 0 Å². The van der Waals surface area contributed by atoms with Gasteiger partial charge in [0.25, 0.3) is 5.91 Å². The molecule has 0 spiro atoms. The van der Waals surface area contributed by atoms with Crippen molar-refractivity contribution in [2.24, 2.45) is 5.10 Å². The van der Waals surface area contributed by atoms with Crippen LogP contribution in [0, 0.1) is 0 Å². The molecule has 174 valence electrons. The number of fused-ring (bicyclic) bond motifs is 1. The van der Waals surface area contributed by atoms with E-state index in [0.717, 1.165) is 4.47 Å². The Bertz CT molecular complexity index is 1280. The summed E-state index contributed by atoms with van der Waals surface area (Å²) in [4.78, 5) is 25.1. The van der Waals surface area contributed by atoms with Crippen LogP contribution >= 0.6 is 15.9 Å². The molecular formula is C24H19BrN2O7. The number of nitrogens with one attached hydrogen (secondary N) is 1. The zero-order chi connectivity index (χ0) is 24.1. The fourth-order valence-electron chi connectivity index (χ4n) is 3.10. The summed E-state index contributed by atoms with van der Waals surface area (Å²) in [6.45, 7) is 0.117. The smallest absolute Gasteiger partial charge is 0.343 e. The first-order valence-corrected chi connectivity index (χ1v) is 10.7. The molecule has 1 aliphatic rings. The number of ether oxygens (including phenoxy) is 5. The minimum atomic E-state index is -0.595. The molecule has 0 fully saturated rings. The van der Waals surface area contributed by atoms with E-state index < -0.39 is 11.9 Å². The van der Waals surface area contributed by atoms with Crippen molar-refractivity contribution in [2.75, 3.05) is 21.0 Å². The lowest BCUT2D eigenvalue weighted by Crippen LogP contribution is -2.17. The summed E-state index contributed by atoms with van der Waals surface area (Å²) < 4.78 is 27.3. The van der Waals surface area contributed by atoms with Gasteiger partial charge in [0.2, 0.25) is 6.79 Å². The topological polar surface area (TPSA) is 105 Å². The molecule has 9 nitrogen and oxygen atoms in total. The number of hydrazone groups is 1. The van der Waals surface area contributed by atoms with E-state index >= 15 is 0 Å². The largest absolute Gasteiger partial charge is 0.493 e. The van der Waals surface area contributed by atoms with Gasteiger partial charge >= 0.3 is 5.97 Å². The first-order valence-electron chi connectivity index (χ1n) is 9.95. The van der Waals surface area contributed by atoms with E-state index in [1.54, 1.807) is 48.5 Å². The molecule has 0 radical (unpaired) electrons. The van der Waals surface area contributed by atoms with Gasteiger partial charge in [0.1, 0.15) is 5.75 Å². The molecule has 3 aromatic rings. The van der Waals surface area contributed by atoms with Crippen molar-refractivity contribution < 1.29 is 33.3 Å². The highest BCUT2D eigenvalue weighted by Gasteiger charge is 2.17. The molecule has 0 saturated carbocycles. The predicted octanol–water partition coefficient (Wildman–Crippen LogP) is 4.18. The summed E-state index contributed by atoms with van der Waals surface area (Å²) in [5.74, 6) is 1.19. The number of halogens is 1. The molecule has 0 atom stereocenters. The maximum Gasteiger partial charge on any atom is 0.343 e. The SMILES string of the molecule is COc1ccc(C(=O)Oc2ccc(Br)cc2/C=N\NC(=O)c2ccc3c(c2)OCO3)cc1OC. The number of methoxy groups -OCH3 is 2. The minimum Gasteiger partial charge on any atom is -0.493 e. The molecule has 34 heavy (non-hydrogen) atoms. The number of carbonyl (C=O) groups excluding carboxylic acids is 2. The second-order valence-corrected chi connectivity index (χ2v) is 7.82. The molecule has 1 aliphatic heterocycles. The van der Waals surface area contributed by atoms with Crippen LogP contribution in [0.1, 0.15) is 26.3 Å². The number of amides is 1. The Morgan fingerprint density at radius 3 is 2.44 bits per heavy atom. The van der Waals surface area contributed by atoms with Crippen molar-refractivity contribution in [2.45, 2.75) is 0 Å². The zero-order valence-corrected chi connectivity index (χ0v) is 19.7. The normalized spacial score (nSPS) is 11.9. The Hall–Kier alpha value is -4.05. The maximum atomic E-state index is 12.7. The summed E-state index contributed by atoms with van der Waals surface area (Å²) >= 11 is 3.38. The second kappa shape index (κ2) is 10.3. The van der Waals surface area contributed by atoms with Gasteiger partial charge in [0, 0.05) is 15.6 Å². The Kier molecular flexibility index (Phi) is 6.98. The van der Waals surface area contributed by atoms with Crippen molar-refractivity contribution in [1.29, 1.82) is 0 Å². The Labute approximate surface area is 203 Å². The molecule has 10 heteroatoms. The average Bonchev–Trinajstić information content (AvgIpc) is 3.33. The molecule has 3 aromatic carbocycles. The summed E-state index contributed by atoms with van der Waals surface area (Å²) in [7, 11) is 2.99. The van der Waals surface area contributed by atoms with Crippen LogP contribution in [0.25, 0.3) is 0 Å². The van der Waals surface area contributed by atoms with E-state index in [1.807, 2.05) is 0 Å². The third-order valence-corrected chi connectivity index (χ3v) is 5.29. The molecule has 1 N–H and O–H groups in total. The number of hydrogen-bond acceptors (Lipinski definition) is 8. The van der Waals surface area contributed by atoms with E-state index in [2.05, 4.69) is 26.5 Å². The summed E-state index contributed by atoms with van der Waals surface area (Å²) in [6, 6.07) is 14.6. The van der Waals surface area contributed by atoms with Crippen molar-refractivity contribution in [1.82, 2.24) is 5.43 Å². The lowest BCUT2D eigenvalue weighted by atomic mass is 10.2. The van der Waals surface area contributed by atoms with Crippen LogP contribution in [0.15, 0.2) is 64.2 Å². The molecule has 0 bridgehead atoms. The molecule has 1 amide bonds. The molecule has 0 saturated heterocycles. The Balaban J connectivity index is 1.48. The van der Waals surface area contributed by atoms with Crippen LogP contribution in [-0.2, 0) is 0 Å². The first kappa shape index (κ1) is 23.1. The molecule has 0 unspecified atom stereocenters. The highest BCUT2D eigenvalue weighted by atomic mass is 79.9. The van der Waals surface area contributed by atoms with Crippen LogP contribution in [0.3, 0.4) is 0 Å². The lowest BCUT2D eigenvalue weighted by molar-refractivity contribution is 0.0733. The second-order valence-electron chi connectivity index (χ2n) is 6.91. The van der Waals surface area contributed by atoms with Crippen LogP contribution in [0.4, 0.5) is 0 Å². The van der Waals surface area contributed by atoms with Crippen LogP contribution in [-0.4, -0.2) is 39.1 Å². The third kappa shape index (κ3) is 5.12. The highest BCUT2D eigenvalue weighted by molar-refractivity contribution is 9.10. The van der Waals surface area contributed by atoms with E-state index in [9.17, 15) is 9.59 Å². The van der Waals surface area contributed by atoms with Crippen LogP contribution < -0.4 is 29.1 Å². The fraction of sp³-hybridized carbons (Fsp3) is 0.125. The van der Waals surface area contributed by atoms with Crippen molar-refractivity contribution in [3.8, 4) is 28.7 Å². The van der Waals surface area contributed by atoms with E-state index in [1.165, 1.54) is 26.5 Å². The predicted molar refractivity (Wildman–Crippen MR) is 126 cm³/mol. The minimum absolute atomic E-state index is 0.117. The zero-order valence-electron chi connectivity index (χ0n) is 18.2. The van der Waals surface area contributed by atoms with Gasteiger partial charge in [-0.2, -0.15) is 5.10 Å². The van der Waals surface area contributed by atoms with E-state index in [0.29, 0.717) is 34.1 Å². The van der Waals surface area contributed by atoms with Gasteiger partial charge in [-0.1, -0.05) is 15.9 Å². The molecule has 1 heterocycles. The number of esters is 1. The monoisotopic (exact) mass is 526 g/mol. The van der Waals surface area contributed by atoms with E-state index in [4.69, 9.17) is 23.7 Å². The van der Waals surface area contributed by atoms with Gasteiger partial charge in [-0.25, -0.2) is 10.2 Å². The number of benzene rings is 3. The molecule has 0 aliphatic carbocycles. The quantitative estimate of drug-likeness (QED) is 0.213. The van der Waals surface area contributed by atoms with Gasteiger partial charge in [-0.15, -0.1) is 0 Å². The fourth-order valence-corrected chi connectivity index (χ4v) is 3.48. The van der Waals surface area contributed by atoms with Gasteiger partial charge in [0.05, 0.1) is 26.0 Å². The van der Waals surface area contributed by atoms with Gasteiger partial charge in [-0.3, -0.25) is 4.79 Å². The lowest BCUT2D eigenvalue weighted by Gasteiger charge is -2.11. The standard InChI is InChI=1S/C24H19BrN2O7/c1-30-19-6-4-15(11-21(19)31-2)24(29)34-18-8-5-17(25)9-16(18)12-26-27-23(28)14-3-7-20-22(10-14)33-13-32-20/h3-12H,13H2,1-2H3,(H,27,28)/b26-12-. The molecule has 0 aromatic heterocycles. The number of hydrogen-bond donors (Lipinski definition) is 1. The average molecular weight is 527 g/mol. The van der Waals surface area contributed by atoms with Crippen molar-refractivity contribution >= 4 is 34.0 Å². The Morgan fingerprint density at radius 1 is 0.912 bits per heavy atom. The third-order valence-electron chi connectivity index (χ3n) is 4.80. The summed E-state index contributed by atoms with van der Waals surface area (Å²) in [5, 5.41) is 4.00. The summed E-state index contributed by atoms with van der Waals surface area (Å²) in [5.41, 5.74) is 3.55. The van der Waals surface area contributed by atoms with Crippen LogP contribution in [0.2, 0.25) is 0 Å². The Morgan fingerprint density at radius 2 is 1.65 bits per heavy atom. The first-order chi connectivity index (χ1) is 16.5. The van der Waals surface area contributed by atoms with E-state index in [-0.39, 0.29) is 18.1 Å². The molecular weight excluding hydrogens is 508 g/mol. The maximum absolute atomic E-state index is 12.7. The van der Waals surface area contributed by atoms with Gasteiger partial charge in [-0.05, 0) is 54.6 Å². The molecule has 4 rings (SSSR count). The van der Waals surface area contributed by atoms with Gasteiger partial charge < -0.3 is 23.7 Å². The number of rotatable bonds is 7. The number of nitrogens with zero attached hydrogens (tertiary/aromatic N) is 1. The highest BCUT2D eigenvalue weighted by Crippen LogP contribution is 2.32. The number of carbonyl (C=O) groups is 2. The van der Waals surface area contributed by atoms with Gasteiger partial charge in [0.15, 0.2) is 23.0 Å². The van der Waals surface area contributed by atoms with Crippen molar-refractivity contribution in [3.05, 3.63) is 75.8 Å².